The fraction of sp³-hybridized carbons (Fsp3) is 0.500. The molecule has 1 aromatic rings. The minimum atomic E-state index is -0.315. The molecule has 2 atom stereocenters. The molecule has 0 aliphatic heterocycles. The van der Waals surface area contributed by atoms with Crippen LogP contribution in [0.5, 0.6) is 0 Å². The number of rotatable bonds is 4. The van der Waals surface area contributed by atoms with E-state index in [0.717, 1.165) is 5.56 Å². The van der Waals surface area contributed by atoms with Crippen molar-refractivity contribution in [2.45, 2.75) is 25.9 Å². The van der Waals surface area contributed by atoms with Gasteiger partial charge in [0.2, 0.25) is 0 Å². The SMILES string of the molecule is COC(=O)C(C)NC(C)c1ccoc1. The minimum absolute atomic E-state index is 0.0721. The van der Waals surface area contributed by atoms with Gasteiger partial charge >= 0.3 is 5.97 Å². The molecule has 0 aliphatic rings. The third-order valence-corrected chi connectivity index (χ3v) is 2.10. The van der Waals surface area contributed by atoms with E-state index in [1.165, 1.54) is 7.11 Å². The Morgan fingerprint density at radius 2 is 2.29 bits per heavy atom. The molecule has 0 bridgehead atoms. The van der Waals surface area contributed by atoms with Crippen LogP contribution in [-0.2, 0) is 9.53 Å². The topological polar surface area (TPSA) is 51.5 Å². The standard InChI is InChI=1S/C10H15NO3/c1-7(9-4-5-14-6-9)11-8(2)10(12)13-3/h4-8,11H,1-3H3. The van der Waals surface area contributed by atoms with E-state index in [0.29, 0.717) is 0 Å². The van der Waals surface area contributed by atoms with Gasteiger partial charge in [-0.25, -0.2) is 0 Å². The minimum Gasteiger partial charge on any atom is -0.472 e. The van der Waals surface area contributed by atoms with E-state index in [2.05, 4.69) is 10.1 Å². The van der Waals surface area contributed by atoms with E-state index in [1.54, 1.807) is 19.5 Å². The highest BCUT2D eigenvalue weighted by Gasteiger charge is 2.16. The van der Waals surface area contributed by atoms with Crippen molar-refractivity contribution in [3.8, 4) is 0 Å². The number of carbonyl (C=O) groups is 1. The lowest BCUT2D eigenvalue weighted by Gasteiger charge is -2.16. The van der Waals surface area contributed by atoms with Crippen LogP contribution in [-0.4, -0.2) is 19.1 Å². The molecule has 0 aromatic carbocycles. The summed E-state index contributed by atoms with van der Waals surface area (Å²) in [5.74, 6) is -0.264. The lowest BCUT2D eigenvalue weighted by atomic mass is 10.1. The summed E-state index contributed by atoms with van der Waals surface area (Å²) in [7, 11) is 1.38. The van der Waals surface area contributed by atoms with Gasteiger partial charge in [-0.15, -0.1) is 0 Å². The molecule has 4 heteroatoms. The maximum absolute atomic E-state index is 11.1. The van der Waals surface area contributed by atoms with Gasteiger partial charge in [0.15, 0.2) is 0 Å². The molecule has 0 saturated carbocycles. The van der Waals surface area contributed by atoms with E-state index >= 15 is 0 Å². The van der Waals surface area contributed by atoms with E-state index in [1.807, 2.05) is 13.0 Å². The first kappa shape index (κ1) is 10.8. The van der Waals surface area contributed by atoms with Crippen molar-refractivity contribution >= 4 is 5.97 Å². The Bertz CT molecular complexity index is 282. The molecule has 0 aliphatic carbocycles. The molecule has 1 N–H and O–H groups in total. The van der Waals surface area contributed by atoms with Crippen LogP contribution in [0.25, 0.3) is 0 Å². The maximum atomic E-state index is 11.1. The van der Waals surface area contributed by atoms with Crippen molar-refractivity contribution in [3.05, 3.63) is 24.2 Å². The average molecular weight is 197 g/mol. The smallest absolute Gasteiger partial charge is 0.322 e. The summed E-state index contributed by atoms with van der Waals surface area (Å²) < 4.78 is 9.55. The molecular formula is C10H15NO3. The Balaban J connectivity index is 2.49. The van der Waals surface area contributed by atoms with Gasteiger partial charge in [0, 0.05) is 11.6 Å². The normalized spacial score (nSPS) is 14.8. The second-order valence-electron chi connectivity index (χ2n) is 3.19. The van der Waals surface area contributed by atoms with Crippen molar-refractivity contribution in [3.63, 3.8) is 0 Å². The maximum Gasteiger partial charge on any atom is 0.322 e. The predicted octanol–water partition coefficient (Wildman–Crippen LogP) is 1.49. The molecule has 1 rings (SSSR count). The summed E-state index contributed by atoms with van der Waals surface area (Å²) in [5, 5.41) is 3.10. The zero-order valence-corrected chi connectivity index (χ0v) is 8.61. The number of carbonyl (C=O) groups excluding carboxylic acids is 1. The highest BCUT2D eigenvalue weighted by molar-refractivity contribution is 5.75. The van der Waals surface area contributed by atoms with Crippen molar-refractivity contribution < 1.29 is 13.9 Å². The first-order valence-electron chi connectivity index (χ1n) is 4.51. The fourth-order valence-corrected chi connectivity index (χ4v) is 1.24. The van der Waals surface area contributed by atoms with E-state index in [4.69, 9.17) is 4.42 Å². The molecule has 0 fully saturated rings. The molecule has 78 valence electrons. The largest absolute Gasteiger partial charge is 0.472 e. The van der Waals surface area contributed by atoms with Crippen LogP contribution in [0.2, 0.25) is 0 Å². The number of hydrogen-bond donors (Lipinski definition) is 1. The van der Waals surface area contributed by atoms with Gasteiger partial charge < -0.3 is 9.15 Å². The zero-order valence-electron chi connectivity index (χ0n) is 8.61. The molecule has 0 amide bonds. The van der Waals surface area contributed by atoms with Gasteiger partial charge in [0.05, 0.1) is 19.6 Å². The van der Waals surface area contributed by atoms with Crippen LogP contribution in [0.3, 0.4) is 0 Å². The van der Waals surface area contributed by atoms with Crippen molar-refractivity contribution in [2.24, 2.45) is 0 Å². The predicted molar refractivity (Wildman–Crippen MR) is 51.7 cm³/mol. The highest BCUT2D eigenvalue weighted by atomic mass is 16.5. The second kappa shape index (κ2) is 4.81. The molecule has 0 spiro atoms. The Morgan fingerprint density at radius 1 is 1.57 bits per heavy atom. The number of nitrogens with one attached hydrogen (secondary N) is 1. The number of hydrogen-bond acceptors (Lipinski definition) is 4. The number of furan rings is 1. The monoisotopic (exact) mass is 197 g/mol. The second-order valence-corrected chi connectivity index (χ2v) is 3.19. The summed E-state index contributed by atoms with van der Waals surface area (Å²) in [6, 6.07) is 1.62. The zero-order chi connectivity index (χ0) is 10.6. The Kier molecular flexibility index (Phi) is 3.71. The fourth-order valence-electron chi connectivity index (χ4n) is 1.24. The van der Waals surface area contributed by atoms with E-state index < -0.39 is 0 Å². The quantitative estimate of drug-likeness (QED) is 0.743. The summed E-state index contributed by atoms with van der Waals surface area (Å²) in [6.07, 6.45) is 3.26. The summed E-state index contributed by atoms with van der Waals surface area (Å²) in [5.41, 5.74) is 1.01. The Morgan fingerprint density at radius 3 is 2.79 bits per heavy atom. The van der Waals surface area contributed by atoms with E-state index in [-0.39, 0.29) is 18.1 Å². The van der Waals surface area contributed by atoms with Gasteiger partial charge in [-0.3, -0.25) is 10.1 Å². The van der Waals surface area contributed by atoms with Crippen LogP contribution in [0, 0.1) is 0 Å². The highest BCUT2D eigenvalue weighted by Crippen LogP contribution is 2.12. The van der Waals surface area contributed by atoms with Gasteiger partial charge in [0.1, 0.15) is 6.04 Å². The third kappa shape index (κ3) is 2.60. The van der Waals surface area contributed by atoms with Gasteiger partial charge in [-0.05, 0) is 19.9 Å². The van der Waals surface area contributed by atoms with Crippen molar-refractivity contribution in [1.82, 2.24) is 5.32 Å². The lowest BCUT2D eigenvalue weighted by molar-refractivity contribution is -0.142. The third-order valence-electron chi connectivity index (χ3n) is 2.10. The number of methoxy groups -OCH3 is 1. The molecule has 4 nitrogen and oxygen atoms in total. The summed E-state index contributed by atoms with van der Waals surface area (Å²) in [6.45, 7) is 3.73. The molecular weight excluding hydrogens is 182 g/mol. The molecule has 1 aromatic heterocycles. The molecule has 0 radical (unpaired) electrons. The van der Waals surface area contributed by atoms with Crippen LogP contribution >= 0.6 is 0 Å². The van der Waals surface area contributed by atoms with Crippen LogP contribution < -0.4 is 5.32 Å². The van der Waals surface area contributed by atoms with Gasteiger partial charge in [0.25, 0.3) is 0 Å². The number of esters is 1. The summed E-state index contributed by atoms with van der Waals surface area (Å²) in [4.78, 5) is 11.1. The lowest BCUT2D eigenvalue weighted by Crippen LogP contribution is -2.36. The first-order valence-corrected chi connectivity index (χ1v) is 4.51. The van der Waals surface area contributed by atoms with Crippen molar-refractivity contribution in [1.29, 1.82) is 0 Å². The average Bonchev–Trinajstić information content (AvgIpc) is 2.69. The molecule has 2 unspecified atom stereocenters. The first-order chi connectivity index (χ1) is 6.65. The molecule has 14 heavy (non-hydrogen) atoms. The Hall–Kier alpha value is -1.29. The molecule has 0 saturated heterocycles. The van der Waals surface area contributed by atoms with Crippen LogP contribution in [0.4, 0.5) is 0 Å². The van der Waals surface area contributed by atoms with Gasteiger partial charge in [-0.1, -0.05) is 0 Å². The van der Waals surface area contributed by atoms with Crippen LogP contribution in [0.15, 0.2) is 23.0 Å². The molecule has 1 heterocycles. The van der Waals surface area contributed by atoms with Gasteiger partial charge in [-0.2, -0.15) is 0 Å². The Labute approximate surface area is 83.2 Å². The summed E-state index contributed by atoms with van der Waals surface area (Å²) >= 11 is 0. The van der Waals surface area contributed by atoms with Crippen molar-refractivity contribution in [2.75, 3.05) is 7.11 Å². The van der Waals surface area contributed by atoms with E-state index in [9.17, 15) is 4.79 Å². The van der Waals surface area contributed by atoms with Crippen LogP contribution in [0.1, 0.15) is 25.5 Å². The number of ether oxygens (including phenoxy) is 1.